The number of pyridine rings is 1. The van der Waals surface area contributed by atoms with Crippen LogP contribution in [0.4, 0.5) is 0 Å². The molecule has 0 spiro atoms. The van der Waals surface area contributed by atoms with Gasteiger partial charge in [0.2, 0.25) is 0 Å². The molecule has 1 aliphatic carbocycles. The smallest absolute Gasteiger partial charge is 0.164 e. The van der Waals surface area contributed by atoms with E-state index < -0.39 is 0 Å². The fraction of sp³-hybridized carbons (Fsp3) is 0.684. The van der Waals surface area contributed by atoms with Gasteiger partial charge in [0.1, 0.15) is 0 Å². The van der Waals surface area contributed by atoms with E-state index in [2.05, 4.69) is 47.6 Å². The molecule has 1 aliphatic rings. The zero-order valence-corrected chi connectivity index (χ0v) is 14.6. The van der Waals surface area contributed by atoms with Gasteiger partial charge in [-0.1, -0.05) is 48.5 Å². The van der Waals surface area contributed by atoms with Gasteiger partial charge in [0.25, 0.3) is 0 Å². The van der Waals surface area contributed by atoms with Crippen LogP contribution in [-0.4, -0.2) is 10.8 Å². The van der Waals surface area contributed by atoms with Gasteiger partial charge in [0, 0.05) is 17.7 Å². The largest absolute Gasteiger partial charge is 0.294 e. The van der Waals surface area contributed by atoms with Crippen LogP contribution in [0.3, 0.4) is 0 Å². The third-order valence-electron chi connectivity index (χ3n) is 5.46. The fourth-order valence-corrected chi connectivity index (χ4v) is 3.14. The number of nitrogens with zero attached hydrogens (tertiary/aromatic N) is 1. The van der Waals surface area contributed by atoms with Crippen LogP contribution in [0.2, 0.25) is 0 Å². The molecule has 1 aromatic heterocycles. The summed E-state index contributed by atoms with van der Waals surface area (Å²) in [6.45, 7) is 15.5. The maximum atomic E-state index is 12.3. The van der Waals surface area contributed by atoms with Gasteiger partial charge in [-0.2, -0.15) is 0 Å². The minimum absolute atomic E-state index is 0.219. The van der Waals surface area contributed by atoms with Crippen molar-refractivity contribution in [2.45, 2.75) is 73.6 Å². The molecule has 0 N–H and O–H groups in total. The van der Waals surface area contributed by atoms with E-state index in [4.69, 9.17) is 4.98 Å². The summed E-state index contributed by atoms with van der Waals surface area (Å²) in [5.74, 6) is 0.510. The first-order chi connectivity index (χ1) is 9.59. The summed E-state index contributed by atoms with van der Waals surface area (Å²) in [6, 6.07) is 2.14. The number of hydrogen-bond acceptors (Lipinski definition) is 2. The van der Waals surface area contributed by atoms with E-state index in [0.29, 0.717) is 12.3 Å². The van der Waals surface area contributed by atoms with Crippen LogP contribution in [0.1, 0.15) is 88.1 Å². The summed E-state index contributed by atoms with van der Waals surface area (Å²) >= 11 is 0. The molecule has 0 bridgehead atoms. The molecule has 2 rings (SSSR count). The lowest BCUT2D eigenvalue weighted by molar-refractivity contribution is 0.0935. The van der Waals surface area contributed by atoms with Gasteiger partial charge < -0.3 is 0 Å². The van der Waals surface area contributed by atoms with Crippen LogP contribution in [0.15, 0.2) is 6.07 Å². The molecule has 0 radical (unpaired) electrons. The van der Waals surface area contributed by atoms with E-state index in [9.17, 15) is 4.79 Å². The van der Waals surface area contributed by atoms with Gasteiger partial charge in [-0.25, -0.2) is 0 Å². The minimum atomic E-state index is 0.219. The number of fused-ring (bicyclic) bond motifs is 1. The Labute approximate surface area is 129 Å². The van der Waals surface area contributed by atoms with Crippen molar-refractivity contribution in [3.05, 3.63) is 28.6 Å². The Bertz CT molecular complexity index is 567. The van der Waals surface area contributed by atoms with Gasteiger partial charge in [0.15, 0.2) is 5.78 Å². The molecule has 0 aliphatic heterocycles. The van der Waals surface area contributed by atoms with E-state index in [1.54, 1.807) is 0 Å². The molecule has 0 fully saturated rings. The number of rotatable bonds is 3. The van der Waals surface area contributed by atoms with Crippen molar-refractivity contribution in [2.75, 3.05) is 0 Å². The second-order valence-electron chi connectivity index (χ2n) is 8.08. The monoisotopic (exact) mass is 287 g/mol. The molecule has 2 heteroatoms. The van der Waals surface area contributed by atoms with E-state index in [0.717, 1.165) is 24.1 Å². The maximum Gasteiger partial charge on any atom is 0.164 e. The van der Waals surface area contributed by atoms with E-state index in [1.807, 2.05) is 6.92 Å². The van der Waals surface area contributed by atoms with E-state index in [1.165, 1.54) is 11.3 Å². The Morgan fingerprint density at radius 3 is 2.29 bits per heavy atom. The molecule has 0 saturated carbocycles. The maximum absolute atomic E-state index is 12.3. The van der Waals surface area contributed by atoms with Crippen molar-refractivity contribution in [3.63, 3.8) is 0 Å². The van der Waals surface area contributed by atoms with Crippen molar-refractivity contribution in [2.24, 2.45) is 10.8 Å². The molecule has 21 heavy (non-hydrogen) atoms. The highest BCUT2D eigenvalue weighted by molar-refractivity contribution is 5.97. The predicted octanol–water partition coefficient (Wildman–Crippen LogP) is 4.95. The number of ketones is 1. The standard InChI is InChI=1S/C19H29NO/c1-8-16(21)14-9-13-10-18(4,5)19(6,7)11-15(13)20-17(14)12(2)3/h9,12H,8,10-11H2,1-7H3. The van der Waals surface area contributed by atoms with Gasteiger partial charge in [-0.05, 0) is 41.2 Å². The number of carbonyl (C=O) groups excluding carboxylic acids is 1. The topological polar surface area (TPSA) is 30.0 Å². The molecular formula is C19H29NO. The third-order valence-corrected chi connectivity index (χ3v) is 5.46. The molecule has 1 aromatic rings. The lowest BCUT2D eigenvalue weighted by Crippen LogP contribution is -2.41. The first-order valence-corrected chi connectivity index (χ1v) is 8.15. The highest BCUT2D eigenvalue weighted by Crippen LogP contribution is 2.48. The van der Waals surface area contributed by atoms with Gasteiger partial charge >= 0.3 is 0 Å². The number of aromatic nitrogens is 1. The Hall–Kier alpha value is -1.18. The van der Waals surface area contributed by atoms with Crippen molar-refractivity contribution in [3.8, 4) is 0 Å². The zero-order valence-electron chi connectivity index (χ0n) is 14.6. The predicted molar refractivity (Wildman–Crippen MR) is 87.9 cm³/mol. The average molecular weight is 287 g/mol. The minimum Gasteiger partial charge on any atom is -0.294 e. The number of hydrogen-bond donors (Lipinski definition) is 0. The molecule has 0 amide bonds. The second-order valence-corrected chi connectivity index (χ2v) is 8.08. The van der Waals surface area contributed by atoms with Gasteiger partial charge in [0.05, 0.1) is 5.69 Å². The zero-order chi connectivity index (χ0) is 16.0. The molecule has 0 saturated heterocycles. The molecule has 2 nitrogen and oxygen atoms in total. The van der Waals surface area contributed by atoms with Crippen LogP contribution in [-0.2, 0) is 12.8 Å². The summed E-state index contributed by atoms with van der Waals surface area (Å²) in [5.41, 5.74) is 4.78. The first-order valence-electron chi connectivity index (χ1n) is 8.15. The summed E-state index contributed by atoms with van der Waals surface area (Å²) in [5, 5.41) is 0. The highest BCUT2D eigenvalue weighted by atomic mass is 16.1. The Kier molecular flexibility index (Phi) is 4.03. The average Bonchev–Trinajstić information content (AvgIpc) is 2.37. The number of carbonyl (C=O) groups is 1. The quantitative estimate of drug-likeness (QED) is 0.736. The van der Waals surface area contributed by atoms with Gasteiger partial charge in [-0.3, -0.25) is 9.78 Å². The lowest BCUT2D eigenvalue weighted by Gasteiger charge is -2.46. The molecular weight excluding hydrogens is 258 g/mol. The van der Waals surface area contributed by atoms with Crippen molar-refractivity contribution >= 4 is 5.78 Å². The molecule has 116 valence electrons. The second kappa shape index (κ2) is 5.23. The Balaban J connectivity index is 2.59. The van der Waals surface area contributed by atoms with E-state index in [-0.39, 0.29) is 16.6 Å². The van der Waals surface area contributed by atoms with Crippen LogP contribution in [0.25, 0.3) is 0 Å². The fourth-order valence-electron chi connectivity index (χ4n) is 3.14. The van der Waals surface area contributed by atoms with Crippen LogP contribution in [0, 0.1) is 10.8 Å². The molecule has 1 heterocycles. The van der Waals surface area contributed by atoms with Gasteiger partial charge in [-0.15, -0.1) is 0 Å². The summed E-state index contributed by atoms with van der Waals surface area (Å²) in [7, 11) is 0. The molecule has 0 aromatic carbocycles. The van der Waals surface area contributed by atoms with Crippen molar-refractivity contribution < 1.29 is 4.79 Å². The Morgan fingerprint density at radius 1 is 1.19 bits per heavy atom. The highest BCUT2D eigenvalue weighted by Gasteiger charge is 2.42. The molecule has 0 unspecified atom stereocenters. The Morgan fingerprint density at radius 2 is 1.76 bits per heavy atom. The summed E-state index contributed by atoms with van der Waals surface area (Å²) in [4.78, 5) is 17.2. The summed E-state index contributed by atoms with van der Waals surface area (Å²) < 4.78 is 0. The van der Waals surface area contributed by atoms with E-state index >= 15 is 0 Å². The molecule has 0 atom stereocenters. The summed E-state index contributed by atoms with van der Waals surface area (Å²) in [6.07, 6.45) is 2.55. The normalized spacial score (nSPS) is 19.4. The van der Waals surface area contributed by atoms with Crippen LogP contribution in [0.5, 0.6) is 0 Å². The third kappa shape index (κ3) is 2.77. The van der Waals surface area contributed by atoms with Crippen molar-refractivity contribution in [1.82, 2.24) is 4.98 Å². The number of Topliss-reactive ketones (excluding diaryl/α,β-unsaturated/α-hetero) is 1. The first kappa shape index (κ1) is 16.2. The van der Waals surface area contributed by atoms with Crippen LogP contribution < -0.4 is 0 Å². The van der Waals surface area contributed by atoms with Crippen LogP contribution >= 0.6 is 0 Å². The van der Waals surface area contributed by atoms with Crippen molar-refractivity contribution in [1.29, 1.82) is 0 Å². The lowest BCUT2D eigenvalue weighted by atomic mass is 9.59. The SMILES string of the molecule is CCC(=O)c1cc2c(nc1C(C)C)CC(C)(C)C(C)(C)C2.